The number of rotatable bonds is 2. The summed E-state index contributed by atoms with van der Waals surface area (Å²) in [7, 11) is 0. The van der Waals surface area contributed by atoms with Crippen LogP contribution >= 0.6 is 0 Å². The molecule has 0 aliphatic rings. The van der Waals surface area contributed by atoms with Crippen molar-refractivity contribution in [3.05, 3.63) is 24.3 Å². The monoisotopic (exact) mass is 203 g/mol. The van der Waals surface area contributed by atoms with Gasteiger partial charge in [-0.05, 0) is 22.6 Å². The molecule has 8 nitrogen and oxygen atoms in total. The first-order chi connectivity index (χ1) is 7.43. The van der Waals surface area contributed by atoms with Crippen molar-refractivity contribution in [2.24, 2.45) is 0 Å². The van der Waals surface area contributed by atoms with Crippen molar-refractivity contribution in [1.82, 2.24) is 35.8 Å². The van der Waals surface area contributed by atoms with Crippen LogP contribution in [0.3, 0.4) is 0 Å². The lowest BCUT2D eigenvalue weighted by Gasteiger charge is -1.97. The molecule has 8 heteroatoms. The van der Waals surface area contributed by atoms with E-state index in [4.69, 9.17) is 4.84 Å². The Hall–Kier alpha value is -2.51. The smallest absolute Gasteiger partial charge is 0.310 e. The summed E-state index contributed by atoms with van der Waals surface area (Å²) in [5.74, 6) is 0. The van der Waals surface area contributed by atoms with Crippen molar-refractivity contribution in [2.75, 3.05) is 0 Å². The second-order valence-corrected chi connectivity index (χ2v) is 2.74. The van der Waals surface area contributed by atoms with Crippen LogP contribution in [0.4, 0.5) is 0 Å². The molecule has 0 amide bonds. The molecule has 2 heterocycles. The minimum absolute atomic E-state index is 0.0886. The van der Waals surface area contributed by atoms with Crippen LogP contribution in [-0.2, 0) is 0 Å². The minimum atomic E-state index is 0.0886. The quantitative estimate of drug-likeness (QED) is 0.619. The number of hydrogen-bond donors (Lipinski definition) is 1. The maximum Gasteiger partial charge on any atom is 0.383 e. The summed E-state index contributed by atoms with van der Waals surface area (Å²) in [6.45, 7) is 0. The van der Waals surface area contributed by atoms with Crippen LogP contribution in [0.1, 0.15) is 0 Å². The van der Waals surface area contributed by atoms with E-state index < -0.39 is 0 Å². The molecule has 0 saturated heterocycles. The topological polar surface area (TPSA) is 94.4 Å². The molecular formula is C7H5N7O. The van der Waals surface area contributed by atoms with Crippen LogP contribution in [0, 0.1) is 0 Å². The molecule has 0 saturated carbocycles. The van der Waals surface area contributed by atoms with Crippen LogP contribution in [-0.4, -0.2) is 35.8 Å². The SMILES string of the molecule is c1ccc2c(c1)nnn2Oc1nn[nH]n1. The number of hydrogen-bond acceptors (Lipinski definition) is 6. The van der Waals surface area contributed by atoms with E-state index in [0.29, 0.717) is 0 Å². The lowest BCUT2D eigenvalue weighted by atomic mass is 10.3. The number of H-pyrrole nitrogens is 1. The molecule has 0 aliphatic carbocycles. The first-order valence-corrected chi connectivity index (χ1v) is 4.16. The number of fused-ring (bicyclic) bond motifs is 1. The Labute approximate surface area is 82.8 Å². The van der Waals surface area contributed by atoms with E-state index in [0.717, 1.165) is 11.0 Å². The summed E-state index contributed by atoms with van der Waals surface area (Å²) < 4.78 is 0. The molecular weight excluding hydrogens is 198 g/mol. The van der Waals surface area contributed by atoms with Crippen molar-refractivity contribution in [3.63, 3.8) is 0 Å². The summed E-state index contributed by atoms with van der Waals surface area (Å²) in [6.07, 6.45) is 0. The Balaban J connectivity index is 2.05. The molecule has 0 unspecified atom stereocenters. The van der Waals surface area contributed by atoms with E-state index in [1.807, 2.05) is 24.3 Å². The number of benzene rings is 1. The second kappa shape index (κ2) is 3.01. The van der Waals surface area contributed by atoms with Crippen LogP contribution in [0.2, 0.25) is 0 Å². The van der Waals surface area contributed by atoms with E-state index in [1.54, 1.807) is 0 Å². The Bertz CT molecular complexity index is 572. The highest BCUT2D eigenvalue weighted by Gasteiger charge is 2.07. The highest BCUT2D eigenvalue weighted by atomic mass is 16.7. The van der Waals surface area contributed by atoms with Gasteiger partial charge in [-0.25, -0.2) is 0 Å². The van der Waals surface area contributed by atoms with E-state index in [2.05, 4.69) is 30.9 Å². The highest BCUT2D eigenvalue weighted by Crippen LogP contribution is 2.09. The molecule has 3 aromatic rings. The third-order valence-corrected chi connectivity index (χ3v) is 1.82. The Morgan fingerprint density at radius 3 is 3.00 bits per heavy atom. The van der Waals surface area contributed by atoms with Crippen LogP contribution in [0.5, 0.6) is 6.01 Å². The Morgan fingerprint density at radius 2 is 2.13 bits per heavy atom. The van der Waals surface area contributed by atoms with Gasteiger partial charge in [0.05, 0.1) is 0 Å². The largest absolute Gasteiger partial charge is 0.383 e. The fourth-order valence-corrected chi connectivity index (χ4v) is 1.18. The molecule has 1 N–H and O–H groups in total. The van der Waals surface area contributed by atoms with Gasteiger partial charge in [0.2, 0.25) is 0 Å². The predicted octanol–water partition coefficient (Wildman–Crippen LogP) is -0.214. The van der Waals surface area contributed by atoms with Crippen LogP contribution in [0.15, 0.2) is 24.3 Å². The van der Waals surface area contributed by atoms with E-state index in [-0.39, 0.29) is 6.01 Å². The summed E-state index contributed by atoms with van der Waals surface area (Å²) in [5, 5.41) is 20.6. The maximum absolute atomic E-state index is 5.20. The Morgan fingerprint density at radius 1 is 1.20 bits per heavy atom. The average molecular weight is 203 g/mol. The molecule has 74 valence electrons. The predicted molar refractivity (Wildman–Crippen MR) is 47.7 cm³/mol. The summed E-state index contributed by atoms with van der Waals surface area (Å²) >= 11 is 0. The van der Waals surface area contributed by atoms with E-state index >= 15 is 0 Å². The molecule has 0 bridgehead atoms. The number of nitrogens with zero attached hydrogens (tertiary/aromatic N) is 6. The van der Waals surface area contributed by atoms with Crippen LogP contribution in [0.25, 0.3) is 11.0 Å². The number of para-hydroxylation sites is 1. The minimum Gasteiger partial charge on any atom is -0.310 e. The third-order valence-electron chi connectivity index (χ3n) is 1.82. The van der Waals surface area contributed by atoms with Crippen LogP contribution < -0.4 is 4.84 Å². The fourth-order valence-electron chi connectivity index (χ4n) is 1.18. The number of nitrogens with one attached hydrogen (secondary N) is 1. The zero-order valence-electron chi connectivity index (χ0n) is 7.40. The van der Waals surface area contributed by atoms with Gasteiger partial charge in [-0.15, -0.1) is 5.10 Å². The molecule has 1 aromatic carbocycles. The molecule has 0 radical (unpaired) electrons. The molecule has 0 aliphatic heterocycles. The number of aromatic amines is 1. The van der Waals surface area contributed by atoms with Gasteiger partial charge < -0.3 is 4.84 Å². The summed E-state index contributed by atoms with van der Waals surface area (Å²) in [4.78, 5) is 6.44. The van der Waals surface area contributed by atoms with Gasteiger partial charge in [0.25, 0.3) is 0 Å². The summed E-state index contributed by atoms with van der Waals surface area (Å²) in [5.41, 5.74) is 1.48. The van der Waals surface area contributed by atoms with Gasteiger partial charge in [-0.2, -0.15) is 5.21 Å². The van der Waals surface area contributed by atoms with Crippen molar-refractivity contribution in [2.45, 2.75) is 0 Å². The first kappa shape index (κ1) is 7.85. The second-order valence-electron chi connectivity index (χ2n) is 2.74. The molecule has 0 fully saturated rings. The Kier molecular flexibility index (Phi) is 1.58. The molecule has 0 spiro atoms. The van der Waals surface area contributed by atoms with Crippen molar-refractivity contribution >= 4 is 11.0 Å². The zero-order chi connectivity index (χ0) is 10.1. The molecule has 15 heavy (non-hydrogen) atoms. The van der Waals surface area contributed by atoms with Gasteiger partial charge in [-0.1, -0.05) is 27.2 Å². The zero-order valence-corrected chi connectivity index (χ0v) is 7.40. The lowest BCUT2D eigenvalue weighted by Crippen LogP contribution is -2.08. The highest BCUT2D eigenvalue weighted by molar-refractivity contribution is 5.73. The van der Waals surface area contributed by atoms with Gasteiger partial charge in [0.15, 0.2) is 0 Å². The third kappa shape index (κ3) is 1.27. The average Bonchev–Trinajstić information content (AvgIpc) is 2.89. The van der Waals surface area contributed by atoms with Gasteiger partial charge in [0.1, 0.15) is 11.0 Å². The van der Waals surface area contributed by atoms with Gasteiger partial charge >= 0.3 is 6.01 Å². The van der Waals surface area contributed by atoms with Crippen molar-refractivity contribution in [1.29, 1.82) is 0 Å². The van der Waals surface area contributed by atoms with Crippen molar-refractivity contribution in [3.8, 4) is 6.01 Å². The first-order valence-electron chi connectivity index (χ1n) is 4.16. The standard InChI is InChI=1S/C7H5N7O/c1-2-4-6-5(3-1)8-13-14(6)15-7-9-11-12-10-7/h1-4H,(H,9,10,11,12). The van der Waals surface area contributed by atoms with Gasteiger partial charge in [-0.3, -0.25) is 0 Å². The molecule has 2 aromatic heterocycles. The van der Waals surface area contributed by atoms with E-state index in [1.165, 1.54) is 4.85 Å². The van der Waals surface area contributed by atoms with E-state index in [9.17, 15) is 0 Å². The normalized spacial score (nSPS) is 10.7. The number of aromatic nitrogens is 7. The van der Waals surface area contributed by atoms with Gasteiger partial charge in [0, 0.05) is 0 Å². The maximum atomic E-state index is 5.20. The molecule has 3 rings (SSSR count). The van der Waals surface area contributed by atoms with Crippen molar-refractivity contribution < 1.29 is 4.84 Å². The molecule has 0 atom stereocenters. The summed E-state index contributed by atoms with van der Waals surface area (Å²) in [6, 6.07) is 7.48. The fraction of sp³-hybridized carbons (Fsp3) is 0. The lowest BCUT2D eigenvalue weighted by molar-refractivity contribution is 0.167. The number of tetrazole rings is 1.